The molecule has 1 atom stereocenters. The average molecular weight is 419 g/mol. The van der Waals surface area contributed by atoms with Gasteiger partial charge in [-0.15, -0.1) is 0 Å². The van der Waals surface area contributed by atoms with E-state index in [-0.39, 0.29) is 0 Å². The predicted octanol–water partition coefficient (Wildman–Crippen LogP) is 1.40. The first-order chi connectivity index (χ1) is 14.2. The lowest BCUT2D eigenvalue weighted by molar-refractivity contribution is -0.147. The zero-order valence-corrected chi connectivity index (χ0v) is 17.3. The van der Waals surface area contributed by atoms with E-state index in [4.69, 9.17) is 14.2 Å². The molecule has 1 saturated heterocycles. The molecule has 2 N–H and O–H groups in total. The minimum Gasteiger partial charge on any atom is -0.493 e. The predicted molar refractivity (Wildman–Crippen MR) is 106 cm³/mol. The van der Waals surface area contributed by atoms with Gasteiger partial charge in [0.2, 0.25) is 0 Å². The summed E-state index contributed by atoms with van der Waals surface area (Å²) in [4.78, 5) is 47.8. The van der Waals surface area contributed by atoms with Gasteiger partial charge < -0.3 is 19.5 Å². The summed E-state index contributed by atoms with van der Waals surface area (Å²) in [5.41, 5.74) is 1.71. The summed E-state index contributed by atoms with van der Waals surface area (Å²) in [6.07, 6.45) is 2.99. The number of nitrogens with zero attached hydrogens (tertiary/aromatic N) is 1. The molecule has 1 heterocycles. The molecule has 10 heteroatoms. The van der Waals surface area contributed by atoms with Crippen LogP contribution in [0.1, 0.15) is 32.8 Å². The first-order valence-corrected chi connectivity index (χ1v) is 9.36. The van der Waals surface area contributed by atoms with Crippen LogP contribution in [0.25, 0.3) is 6.08 Å². The minimum atomic E-state index is -1.08. The zero-order valence-electron chi connectivity index (χ0n) is 17.3. The van der Waals surface area contributed by atoms with Crippen LogP contribution in [0.5, 0.6) is 11.5 Å². The van der Waals surface area contributed by atoms with E-state index in [2.05, 4.69) is 10.7 Å². The third kappa shape index (κ3) is 5.28. The van der Waals surface area contributed by atoms with Crippen LogP contribution in [0.2, 0.25) is 0 Å². The number of carbonyl (C=O) groups excluding carboxylic acids is 4. The minimum absolute atomic E-state index is 0.361. The number of imide groups is 1. The highest BCUT2D eigenvalue weighted by Crippen LogP contribution is 2.28. The van der Waals surface area contributed by atoms with Crippen molar-refractivity contribution >= 4 is 29.9 Å². The number of hydrogen-bond donors (Lipinski definition) is 2. The second-order valence-corrected chi connectivity index (χ2v) is 6.58. The first-order valence-electron chi connectivity index (χ1n) is 9.36. The van der Waals surface area contributed by atoms with Crippen molar-refractivity contribution in [1.82, 2.24) is 15.8 Å². The lowest BCUT2D eigenvalue weighted by atomic mass is 10.00. The number of nitrogens with one attached hydrogen (secondary N) is 2. The Morgan fingerprint density at radius 1 is 1.23 bits per heavy atom. The van der Waals surface area contributed by atoms with Crippen LogP contribution in [0.15, 0.2) is 24.3 Å². The van der Waals surface area contributed by atoms with Gasteiger partial charge in [0.15, 0.2) is 18.1 Å². The van der Waals surface area contributed by atoms with Crippen molar-refractivity contribution in [2.45, 2.75) is 32.7 Å². The van der Waals surface area contributed by atoms with Gasteiger partial charge in [0.1, 0.15) is 5.54 Å². The van der Waals surface area contributed by atoms with Gasteiger partial charge in [-0.1, -0.05) is 13.0 Å². The Labute approximate surface area is 174 Å². The number of hydrogen-bond acceptors (Lipinski definition) is 7. The van der Waals surface area contributed by atoms with Crippen LogP contribution < -0.4 is 20.2 Å². The molecule has 162 valence electrons. The van der Waals surface area contributed by atoms with E-state index in [9.17, 15) is 19.2 Å². The van der Waals surface area contributed by atoms with Gasteiger partial charge in [-0.25, -0.2) is 9.59 Å². The fourth-order valence-corrected chi connectivity index (χ4v) is 2.59. The summed E-state index contributed by atoms with van der Waals surface area (Å²) in [5, 5.41) is 3.08. The average Bonchev–Trinajstić information content (AvgIpc) is 2.95. The Morgan fingerprint density at radius 3 is 2.57 bits per heavy atom. The summed E-state index contributed by atoms with van der Waals surface area (Å²) in [6, 6.07) is 4.38. The maximum absolute atomic E-state index is 12.2. The van der Waals surface area contributed by atoms with Crippen molar-refractivity contribution in [3.05, 3.63) is 29.8 Å². The Hall–Kier alpha value is -3.56. The third-order valence-electron chi connectivity index (χ3n) is 4.45. The van der Waals surface area contributed by atoms with Gasteiger partial charge in [-0.2, -0.15) is 5.01 Å². The Morgan fingerprint density at radius 2 is 1.97 bits per heavy atom. The highest BCUT2D eigenvalue weighted by atomic mass is 16.5. The number of amides is 4. The van der Waals surface area contributed by atoms with Crippen LogP contribution in [-0.4, -0.2) is 54.7 Å². The monoisotopic (exact) mass is 419 g/mol. The van der Waals surface area contributed by atoms with Crippen LogP contribution in [0.4, 0.5) is 4.79 Å². The molecule has 0 aliphatic carbocycles. The second kappa shape index (κ2) is 9.77. The SMILES string of the molecule is CCOc1ccc(/C=C/C(=O)OCC(=O)NN2C(=O)N[C@](C)(CC)C2=O)cc1OC. The number of benzene rings is 1. The molecule has 1 aromatic rings. The van der Waals surface area contributed by atoms with E-state index in [1.165, 1.54) is 13.2 Å². The van der Waals surface area contributed by atoms with Crippen molar-refractivity contribution in [2.75, 3.05) is 20.3 Å². The van der Waals surface area contributed by atoms with Gasteiger partial charge in [-0.05, 0) is 44.0 Å². The standard InChI is InChI=1S/C20H25N3O7/c1-5-20(3)18(26)23(19(27)21-20)22-16(24)12-30-17(25)10-8-13-7-9-14(29-6-2)15(11-13)28-4/h7-11H,5-6,12H2,1-4H3,(H,21,27)(H,22,24)/b10-8+/t20-/m1/s1. The molecule has 1 aromatic carbocycles. The molecule has 0 bridgehead atoms. The molecule has 10 nitrogen and oxygen atoms in total. The highest BCUT2D eigenvalue weighted by Gasteiger charge is 2.47. The van der Waals surface area contributed by atoms with Crippen molar-refractivity contribution in [3.8, 4) is 11.5 Å². The van der Waals surface area contributed by atoms with Gasteiger partial charge >= 0.3 is 12.0 Å². The van der Waals surface area contributed by atoms with E-state index < -0.39 is 36.0 Å². The zero-order chi connectivity index (χ0) is 22.3. The summed E-state index contributed by atoms with van der Waals surface area (Å²) < 4.78 is 15.5. The number of ether oxygens (including phenoxy) is 3. The van der Waals surface area contributed by atoms with Crippen molar-refractivity contribution in [3.63, 3.8) is 0 Å². The molecule has 0 unspecified atom stereocenters. The Balaban J connectivity index is 1.88. The summed E-state index contributed by atoms with van der Waals surface area (Å²) >= 11 is 0. The summed E-state index contributed by atoms with van der Waals surface area (Å²) in [7, 11) is 1.51. The fourth-order valence-electron chi connectivity index (χ4n) is 2.59. The van der Waals surface area contributed by atoms with Crippen molar-refractivity contribution in [1.29, 1.82) is 0 Å². The van der Waals surface area contributed by atoms with Gasteiger partial charge in [0, 0.05) is 6.08 Å². The molecular weight excluding hydrogens is 394 g/mol. The molecule has 0 spiro atoms. The van der Waals surface area contributed by atoms with E-state index >= 15 is 0 Å². The smallest absolute Gasteiger partial charge is 0.344 e. The number of methoxy groups -OCH3 is 1. The molecule has 4 amide bonds. The van der Waals surface area contributed by atoms with Crippen LogP contribution >= 0.6 is 0 Å². The molecule has 2 rings (SSSR count). The summed E-state index contributed by atoms with van der Waals surface area (Å²) in [5.74, 6) is -1.08. The Kier molecular flexibility index (Phi) is 7.40. The van der Waals surface area contributed by atoms with Crippen molar-refractivity contribution < 1.29 is 33.4 Å². The topological polar surface area (TPSA) is 123 Å². The molecule has 0 saturated carbocycles. The molecule has 30 heavy (non-hydrogen) atoms. The van der Waals surface area contributed by atoms with E-state index in [1.807, 2.05) is 6.92 Å². The van der Waals surface area contributed by atoms with E-state index in [1.54, 1.807) is 32.0 Å². The maximum atomic E-state index is 12.2. The number of esters is 1. The van der Waals surface area contributed by atoms with Crippen LogP contribution in [-0.2, 0) is 19.1 Å². The summed E-state index contributed by atoms with van der Waals surface area (Å²) in [6.45, 7) is 4.98. The quantitative estimate of drug-likeness (QED) is 0.352. The molecule has 1 fully saturated rings. The molecular formula is C20H25N3O7. The second-order valence-electron chi connectivity index (χ2n) is 6.58. The number of hydrazine groups is 1. The lowest BCUT2D eigenvalue weighted by Gasteiger charge is -2.19. The Bertz CT molecular complexity index is 868. The van der Waals surface area contributed by atoms with Gasteiger partial charge in [0.05, 0.1) is 13.7 Å². The maximum Gasteiger partial charge on any atom is 0.344 e. The van der Waals surface area contributed by atoms with Crippen LogP contribution in [0.3, 0.4) is 0 Å². The third-order valence-corrected chi connectivity index (χ3v) is 4.45. The molecule has 1 aliphatic rings. The van der Waals surface area contributed by atoms with Gasteiger partial charge in [-0.3, -0.25) is 15.0 Å². The molecule has 0 aromatic heterocycles. The van der Waals surface area contributed by atoms with Gasteiger partial charge in [0.25, 0.3) is 11.8 Å². The molecule has 0 radical (unpaired) electrons. The largest absolute Gasteiger partial charge is 0.493 e. The lowest BCUT2D eigenvalue weighted by Crippen LogP contribution is -2.49. The van der Waals surface area contributed by atoms with E-state index in [0.29, 0.717) is 35.1 Å². The number of rotatable bonds is 9. The number of carbonyl (C=O) groups is 4. The highest BCUT2D eigenvalue weighted by molar-refractivity contribution is 6.07. The number of urea groups is 1. The van der Waals surface area contributed by atoms with Crippen molar-refractivity contribution in [2.24, 2.45) is 0 Å². The first kappa shape index (κ1) is 22.7. The normalized spacial score (nSPS) is 18.3. The van der Waals surface area contributed by atoms with Crippen LogP contribution in [0, 0.1) is 0 Å². The fraction of sp³-hybridized carbons (Fsp3) is 0.400. The van der Waals surface area contributed by atoms with E-state index in [0.717, 1.165) is 6.08 Å². The molecule has 1 aliphatic heterocycles.